The maximum absolute atomic E-state index is 12.2. The molecule has 3 aliphatic rings. The van der Waals surface area contributed by atoms with Crippen LogP contribution in [0.15, 0.2) is 12.2 Å². The standard InChI is InChI=1S/C12H18N2O7/c1-6-3-4-21-12(7(16)10(2,19)5-15)9(18)13-11(6,20)8(17)14-12/h7,15-16,19-20H,1,3-5H2,2H3,(H,13,18)(H,14,17)/t7-,10+,11-,12+/m1/s1. The van der Waals surface area contributed by atoms with Gasteiger partial charge in [-0.1, -0.05) is 6.58 Å². The van der Waals surface area contributed by atoms with Crippen molar-refractivity contribution in [3.63, 3.8) is 0 Å². The first kappa shape index (κ1) is 15.9. The minimum Gasteiger partial charge on any atom is -0.393 e. The maximum Gasteiger partial charge on any atom is 0.280 e. The van der Waals surface area contributed by atoms with Crippen LogP contribution in [0.25, 0.3) is 0 Å². The van der Waals surface area contributed by atoms with Crippen molar-refractivity contribution in [1.82, 2.24) is 10.6 Å². The molecule has 0 aliphatic carbocycles. The van der Waals surface area contributed by atoms with Gasteiger partial charge in [0.2, 0.25) is 5.72 Å². The Labute approximate surface area is 120 Å². The summed E-state index contributed by atoms with van der Waals surface area (Å²) in [6, 6.07) is 0. The summed E-state index contributed by atoms with van der Waals surface area (Å²) in [6.45, 7) is 3.59. The molecule has 9 heteroatoms. The van der Waals surface area contributed by atoms with Crippen LogP contribution in [0.5, 0.6) is 0 Å². The number of piperazine rings is 1. The zero-order valence-corrected chi connectivity index (χ0v) is 11.4. The van der Waals surface area contributed by atoms with E-state index in [0.717, 1.165) is 6.92 Å². The number of aliphatic hydroxyl groups is 4. The second kappa shape index (κ2) is 4.75. The van der Waals surface area contributed by atoms with Crippen molar-refractivity contribution >= 4 is 11.8 Å². The third kappa shape index (κ3) is 2.14. The quantitative estimate of drug-likeness (QED) is 0.299. The summed E-state index contributed by atoms with van der Waals surface area (Å²) in [5.74, 6) is -2.09. The molecule has 9 nitrogen and oxygen atoms in total. The largest absolute Gasteiger partial charge is 0.393 e. The van der Waals surface area contributed by atoms with Crippen LogP contribution in [-0.2, 0) is 14.3 Å². The average molecular weight is 302 g/mol. The van der Waals surface area contributed by atoms with E-state index in [1.54, 1.807) is 0 Å². The number of rotatable bonds is 3. The number of amides is 2. The summed E-state index contributed by atoms with van der Waals surface area (Å²) >= 11 is 0. The lowest BCUT2D eigenvalue weighted by Crippen LogP contribution is -2.82. The van der Waals surface area contributed by atoms with Gasteiger partial charge in [0.05, 0.1) is 13.2 Å². The summed E-state index contributed by atoms with van der Waals surface area (Å²) in [5, 5.41) is 43.6. The van der Waals surface area contributed by atoms with Crippen molar-refractivity contribution in [1.29, 1.82) is 0 Å². The molecular weight excluding hydrogens is 284 g/mol. The highest BCUT2D eigenvalue weighted by Gasteiger charge is 2.63. The van der Waals surface area contributed by atoms with Gasteiger partial charge in [-0.2, -0.15) is 0 Å². The van der Waals surface area contributed by atoms with Gasteiger partial charge in [0.25, 0.3) is 17.5 Å². The number of carbonyl (C=O) groups is 2. The van der Waals surface area contributed by atoms with E-state index in [9.17, 15) is 24.9 Å². The smallest absolute Gasteiger partial charge is 0.280 e. The van der Waals surface area contributed by atoms with Crippen molar-refractivity contribution in [2.45, 2.75) is 36.5 Å². The Morgan fingerprint density at radius 1 is 1.43 bits per heavy atom. The molecular formula is C12H18N2O7. The van der Waals surface area contributed by atoms with Gasteiger partial charge >= 0.3 is 0 Å². The number of hydrogen-bond acceptors (Lipinski definition) is 7. The molecule has 4 atom stereocenters. The Bertz CT molecular complexity index is 506. The molecule has 0 aromatic carbocycles. The first-order valence-electron chi connectivity index (χ1n) is 6.31. The predicted octanol–water partition coefficient (Wildman–Crippen LogP) is -3.30. The fourth-order valence-electron chi connectivity index (χ4n) is 2.29. The molecule has 118 valence electrons. The molecule has 0 saturated carbocycles. The Morgan fingerprint density at radius 3 is 2.62 bits per heavy atom. The Kier molecular flexibility index (Phi) is 3.59. The molecule has 0 radical (unpaired) electrons. The van der Waals surface area contributed by atoms with Gasteiger partial charge in [0.1, 0.15) is 11.7 Å². The van der Waals surface area contributed by atoms with Crippen molar-refractivity contribution < 1.29 is 34.8 Å². The van der Waals surface area contributed by atoms with E-state index in [2.05, 4.69) is 11.9 Å². The van der Waals surface area contributed by atoms with Crippen LogP contribution in [-0.4, -0.2) is 68.6 Å². The van der Waals surface area contributed by atoms with Gasteiger partial charge in [-0.3, -0.25) is 9.59 Å². The second-order valence-electron chi connectivity index (χ2n) is 5.47. The van der Waals surface area contributed by atoms with Crippen LogP contribution in [0.4, 0.5) is 0 Å². The number of fused-ring (bicyclic) bond motifs is 5. The SMILES string of the molecule is C=C1CCO[C@]2([C@H](O)[C@@](C)(O)CO)NC(=O)[C@@]1(O)NC2=O. The maximum atomic E-state index is 12.2. The highest BCUT2D eigenvalue weighted by atomic mass is 16.5. The van der Waals surface area contributed by atoms with E-state index in [4.69, 9.17) is 9.84 Å². The number of hydrogen-bond donors (Lipinski definition) is 6. The van der Waals surface area contributed by atoms with Gasteiger partial charge in [-0.05, 0) is 18.9 Å². The Balaban J connectivity index is 2.47. The molecule has 0 aromatic rings. The lowest BCUT2D eigenvalue weighted by molar-refractivity contribution is -0.230. The first-order chi connectivity index (χ1) is 9.60. The summed E-state index contributed by atoms with van der Waals surface area (Å²) in [5.41, 5.74) is -6.69. The molecule has 2 amide bonds. The first-order valence-corrected chi connectivity index (χ1v) is 6.31. The lowest BCUT2D eigenvalue weighted by atomic mass is 9.85. The van der Waals surface area contributed by atoms with E-state index >= 15 is 0 Å². The lowest BCUT2D eigenvalue weighted by Gasteiger charge is -2.49. The number of nitrogens with one attached hydrogen (secondary N) is 2. The molecule has 3 aliphatic heterocycles. The summed E-state index contributed by atoms with van der Waals surface area (Å²) in [4.78, 5) is 24.3. The van der Waals surface area contributed by atoms with Crippen LogP contribution in [0.2, 0.25) is 0 Å². The van der Waals surface area contributed by atoms with Crippen LogP contribution in [0, 0.1) is 0 Å². The fourth-order valence-corrected chi connectivity index (χ4v) is 2.29. The van der Waals surface area contributed by atoms with E-state index in [-0.39, 0.29) is 18.6 Å². The van der Waals surface area contributed by atoms with Crippen molar-refractivity contribution in [3.8, 4) is 0 Å². The van der Waals surface area contributed by atoms with E-state index < -0.39 is 41.6 Å². The number of carbonyl (C=O) groups excluding carboxylic acids is 2. The third-order valence-corrected chi connectivity index (χ3v) is 3.80. The van der Waals surface area contributed by atoms with Crippen LogP contribution >= 0.6 is 0 Å². The Hall–Kier alpha value is -1.52. The van der Waals surface area contributed by atoms with E-state index in [1.807, 2.05) is 5.32 Å². The highest BCUT2D eigenvalue weighted by Crippen LogP contribution is 2.32. The van der Waals surface area contributed by atoms with Gasteiger partial charge < -0.3 is 35.8 Å². The van der Waals surface area contributed by atoms with Gasteiger partial charge in [-0.25, -0.2) is 0 Å². The van der Waals surface area contributed by atoms with E-state index in [0.29, 0.717) is 0 Å². The molecule has 6 N–H and O–H groups in total. The van der Waals surface area contributed by atoms with E-state index in [1.165, 1.54) is 0 Å². The fraction of sp³-hybridized carbons (Fsp3) is 0.667. The average Bonchev–Trinajstić information content (AvgIpc) is 2.42. The van der Waals surface area contributed by atoms with Crippen molar-refractivity contribution in [2.24, 2.45) is 0 Å². The molecule has 0 unspecified atom stereocenters. The summed E-state index contributed by atoms with van der Waals surface area (Å²) < 4.78 is 5.27. The molecule has 3 fully saturated rings. The molecule has 21 heavy (non-hydrogen) atoms. The van der Waals surface area contributed by atoms with Gasteiger partial charge in [0, 0.05) is 0 Å². The van der Waals surface area contributed by atoms with Crippen LogP contribution < -0.4 is 10.6 Å². The molecule has 0 aromatic heterocycles. The van der Waals surface area contributed by atoms with Crippen molar-refractivity contribution in [2.75, 3.05) is 13.2 Å². The topological polar surface area (TPSA) is 148 Å². The third-order valence-electron chi connectivity index (χ3n) is 3.80. The van der Waals surface area contributed by atoms with Crippen molar-refractivity contribution in [3.05, 3.63) is 12.2 Å². The van der Waals surface area contributed by atoms with Gasteiger partial charge in [0.15, 0.2) is 0 Å². The number of ether oxygens (including phenoxy) is 1. The molecule has 3 saturated heterocycles. The minimum absolute atomic E-state index is 0.0325. The number of aliphatic hydroxyl groups excluding tert-OH is 2. The normalized spacial score (nSPS) is 37.1. The predicted molar refractivity (Wildman–Crippen MR) is 67.4 cm³/mol. The van der Waals surface area contributed by atoms with Crippen LogP contribution in [0.3, 0.4) is 0 Å². The molecule has 3 rings (SSSR count). The highest BCUT2D eigenvalue weighted by molar-refractivity contribution is 6.02. The van der Waals surface area contributed by atoms with Gasteiger partial charge in [-0.15, -0.1) is 0 Å². The zero-order valence-electron chi connectivity index (χ0n) is 11.4. The second-order valence-corrected chi connectivity index (χ2v) is 5.47. The Morgan fingerprint density at radius 2 is 2.05 bits per heavy atom. The monoisotopic (exact) mass is 302 g/mol. The molecule has 0 spiro atoms. The summed E-state index contributed by atoms with van der Waals surface area (Å²) in [6.07, 6.45) is -1.91. The summed E-state index contributed by atoms with van der Waals surface area (Å²) in [7, 11) is 0. The molecule has 3 heterocycles. The zero-order chi connectivity index (χ0) is 16.1. The van der Waals surface area contributed by atoms with Crippen LogP contribution in [0.1, 0.15) is 13.3 Å². The minimum atomic E-state index is -2.31. The molecule has 2 bridgehead atoms.